The van der Waals surface area contributed by atoms with E-state index in [0.717, 1.165) is 22.2 Å². The van der Waals surface area contributed by atoms with Crippen LogP contribution in [0.2, 0.25) is 0 Å². The number of nitriles is 1. The number of rotatable bonds is 2. The molecular weight excluding hydrogens is 240 g/mol. The van der Waals surface area contributed by atoms with Gasteiger partial charge < -0.3 is 5.73 Å². The third kappa shape index (κ3) is 1.87. The molecule has 6 heteroatoms. The first-order chi connectivity index (χ1) is 9.29. The predicted molar refractivity (Wildman–Crippen MR) is 70.1 cm³/mol. The van der Waals surface area contributed by atoms with Gasteiger partial charge in [0.05, 0.1) is 23.0 Å². The molecule has 2 aromatic heterocycles. The molecule has 0 amide bonds. The number of anilines is 1. The lowest BCUT2D eigenvalue weighted by atomic mass is 9.99. The van der Waals surface area contributed by atoms with Crippen molar-refractivity contribution in [1.82, 2.24) is 20.4 Å². The molecular formula is C13H10N6. The van der Waals surface area contributed by atoms with Gasteiger partial charge in [-0.25, -0.2) is 4.98 Å². The maximum atomic E-state index is 9.27. The van der Waals surface area contributed by atoms with E-state index in [9.17, 15) is 5.26 Å². The van der Waals surface area contributed by atoms with Crippen molar-refractivity contribution < 1.29 is 0 Å². The normalized spacial score (nSPS) is 10.5. The number of pyridine rings is 1. The van der Waals surface area contributed by atoms with E-state index in [4.69, 9.17) is 5.73 Å². The summed E-state index contributed by atoms with van der Waals surface area (Å²) >= 11 is 0. The topological polar surface area (TPSA) is 104 Å². The molecule has 2 heterocycles. The molecule has 0 saturated carbocycles. The molecule has 0 radical (unpaired) electrons. The number of nitrogen functional groups attached to an aromatic ring is 1. The van der Waals surface area contributed by atoms with Crippen LogP contribution in [-0.2, 0) is 6.42 Å². The van der Waals surface area contributed by atoms with Crippen LogP contribution in [0.4, 0.5) is 5.82 Å². The number of aromatic amines is 1. The molecule has 3 aromatic rings. The summed E-state index contributed by atoms with van der Waals surface area (Å²) in [5.74, 6) is 0.250. The van der Waals surface area contributed by atoms with E-state index in [1.807, 2.05) is 24.3 Å². The number of hydrogen-bond donors (Lipinski definition) is 2. The minimum atomic E-state index is 0.250. The number of aromatic nitrogens is 4. The van der Waals surface area contributed by atoms with Gasteiger partial charge in [-0.05, 0) is 11.6 Å². The molecule has 92 valence electrons. The van der Waals surface area contributed by atoms with Gasteiger partial charge in [0.15, 0.2) is 0 Å². The second kappa shape index (κ2) is 4.38. The Bertz CT molecular complexity index is 770. The fourth-order valence-electron chi connectivity index (χ4n) is 2.10. The fourth-order valence-corrected chi connectivity index (χ4v) is 2.10. The van der Waals surface area contributed by atoms with Crippen molar-refractivity contribution in [3.63, 3.8) is 0 Å². The molecule has 0 fully saturated rings. The number of nitrogens with one attached hydrogen (secondary N) is 1. The number of para-hydroxylation sites is 1. The van der Waals surface area contributed by atoms with Gasteiger partial charge in [-0.15, -0.1) is 0 Å². The maximum absolute atomic E-state index is 9.27. The molecule has 3 rings (SSSR count). The lowest BCUT2D eigenvalue weighted by Crippen LogP contribution is -2.02. The van der Waals surface area contributed by atoms with Gasteiger partial charge in [0.2, 0.25) is 0 Å². The summed E-state index contributed by atoms with van der Waals surface area (Å²) in [7, 11) is 0. The highest BCUT2D eigenvalue weighted by Crippen LogP contribution is 2.26. The fraction of sp³-hybridized carbons (Fsp3) is 0.0769. The second-order valence-corrected chi connectivity index (χ2v) is 4.12. The van der Waals surface area contributed by atoms with Crippen molar-refractivity contribution in [3.8, 4) is 6.07 Å². The Kier molecular flexibility index (Phi) is 2.58. The number of nitrogens with two attached hydrogens (primary N) is 1. The number of fused-ring (bicyclic) bond motifs is 1. The van der Waals surface area contributed by atoms with Gasteiger partial charge in [-0.3, -0.25) is 0 Å². The van der Waals surface area contributed by atoms with Crippen molar-refractivity contribution >= 4 is 16.7 Å². The van der Waals surface area contributed by atoms with E-state index < -0.39 is 0 Å². The smallest absolute Gasteiger partial charge is 0.142 e. The summed E-state index contributed by atoms with van der Waals surface area (Å²) in [5.41, 5.74) is 8.62. The summed E-state index contributed by atoms with van der Waals surface area (Å²) in [5, 5.41) is 20.5. The van der Waals surface area contributed by atoms with Gasteiger partial charge in [0.25, 0.3) is 0 Å². The van der Waals surface area contributed by atoms with Crippen molar-refractivity contribution in [2.75, 3.05) is 5.73 Å². The average Bonchev–Trinajstić information content (AvgIpc) is 2.92. The molecule has 0 atom stereocenters. The zero-order valence-electron chi connectivity index (χ0n) is 9.96. The molecule has 3 N–H and O–H groups in total. The SMILES string of the molecule is N#Cc1c(N)nc2ccccc2c1Cc1cn[nH]n1. The van der Waals surface area contributed by atoms with E-state index in [-0.39, 0.29) is 5.82 Å². The molecule has 19 heavy (non-hydrogen) atoms. The van der Waals surface area contributed by atoms with Gasteiger partial charge >= 0.3 is 0 Å². The number of H-pyrrole nitrogens is 1. The van der Waals surface area contributed by atoms with E-state index >= 15 is 0 Å². The van der Waals surface area contributed by atoms with Crippen LogP contribution in [0.15, 0.2) is 30.5 Å². The van der Waals surface area contributed by atoms with Crippen molar-refractivity contribution in [3.05, 3.63) is 47.3 Å². The lowest BCUT2D eigenvalue weighted by molar-refractivity contribution is 0.916. The molecule has 0 saturated heterocycles. The Morgan fingerprint density at radius 2 is 2.16 bits per heavy atom. The van der Waals surface area contributed by atoms with E-state index in [2.05, 4.69) is 26.5 Å². The number of hydrogen-bond acceptors (Lipinski definition) is 5. The van der Waals surface area contributed by atoms with Gasteiger partial charge in [-0.1, -0.05) is 18.2 Å². The van der Waals surface area contributed by atoms with Crippen LogP contribution in [0.5, 0.6) is 0 Å². The van der Waals surface area contributed by atoms with Crippen LogP contribution in [0.3, 0.4) is 0 Å². The predicted octanol–water partition coefficient (Wildman–Crippen LogP) is 1.40. The van der Waals surface area contributed by atoms with Crippen LogP contribution in [0, 0.1) is 11.3 Å². The van der Waals surface area contributed by atoms with Crippen LogP contribution in [0.1, 0.15) is 16.8 Å². The minimum Gasteiger partial charge on any atom is -0.383 e. The Labute approximate surface area is 108 Å². The van der Waals surface area contributed by atoms with Crippen LogP contribution >= 0.6 is 0 Å². The lowest BCUT2D eigenvalue weighted by Gasteiger charge is -2.09. The van der Waals surface area contributed by atoms with Crippen LogP contribution in [-0.4, -0.2) is 20.4 Å². The monoisotopic (exact) mass is 250 g/mol. The molecule has 0 aliphatic carbocycles. The van der Waals surface area contributed by atoms with Crippen molar-refractivity contribution in [2.45, 2.75) is 6.42 Å². The highest BCUT2D eigenvalue weighted by molar-refractivity contribution is 5.87. The first kappa shape index (κ1) is 11.2. The number of benzene rings is 1. The summed E-state index contributed by atoms with van der Waals surface area (Å²) in [6.45, 7) is 0. The van der Waals surface area contributed by atoms with Crippen molar-refractivity contribution in [1.29, 1.82) is 5.26 Å². The van der Waals surface area contributed by atoms with Crippen molar-refractivity contribution in [2.24, 2.45) is 0 Å². The molecule has 1 aromatic carbocycles. The molecule has 0 unspecified atom stereocenters. The third-order valence-electron chi connectivity index (χ3n) is 2.96. The molecule has 0 aliphatic rings. The summed E-state index contributed by atoms with van der Waals surface area (Å²) in [6, 6.07) is 9.73. The highest BCUT2D eigenvalue weighted by Gasteiger charge is 2.14. The Morgan fingerprint density at radius 3 is 2.89 bits per heavy atom. The largest absolute Gasteiger partial charge is 0.383 e. The average molecular weight is 250 g/mol. The van der Waals surface area contributed by atoms with Crippen LogP contribution < -0.4 is 5.73 Å². The standard InChI is InChI=1S/C13H10N6/c14-6-11-10(5-8-7-16-19-18-8)9-3-1-2-4-12(9)17-13(11)15/h1-4,7H,5H2,(H2,15,17)(H,16,18,19). The molecule has 0 bridgehead atoms. The summed E-state index contributed by atoms with van der Waals surface area (Å²) in [4.78, 5) is 4.25. The highest BCUT2D eigenvalue weighted by atomic mass is 15.3. The maximum Gasteiger partial charge on any atom is 0.142 e. The Morgan fingerprint density at radius 1 is 1.32 bits per heavy atom. The Hall–Kier alpha value is -2.94. The van der Waals surface area contributed by atoms with E-state index in [1.165, 1.54) is 0 Å². The van der Waals surface area contributed by atoms with Gasteiger partial charge in [0.1, 0.15) is 11.9 Å². The molecule has 0 aliphatic heterocycles. The Balaban J connectivity index is 2.27. The molecule has 6 nitrogen and oxygen atoms in total. The summed E-state index contributed by atoms with van der Waals surface area (Å²) in [6.07, 6.45) is 2.12. The van der Waals surface area contributed by atoms with Gasteiger partial charge in [-0.2, -0.15) is 20.7 Å². The second-order valence-electron chi connectivity index (χ2n) is 4.12. The van der Waals surface area contributed by atoms with Gasteiger partial charge in [0, 0.05) is 11.8 Å². The van der Waals surface area contributed by atoms with Crippen LogP contribution in [0.25, 0.3) is 10.9 Å². The summed E-state index contributed by atoms with van der Waals surface area (Å²) < 4.78 is 0. The zero-order chi connectivity index (χ0) is 13.2. The van der Waals surface area contributed by atoms with E-state index in [0.29, 0.717) is 12.0 Å². The first-order valence-corrected chi connectivity index (χ1v) is 5.71. The molecule has 0 spiro atoms. The zero-order valence-corrected chi connectivity index (χ0v) is 9.96. The first-order valence-electron chi connectivity index (χ1n) is 5.71. The van der Waals surface area contributed by atoms with E-state index in [1.54, 1.807) is 6.20 Å². The quantitative estimate of drug-likeness (QED) is 0.715. The number of nitrogens with zero attached hydrogens (tertiary/aromatic N) is 4. The minimum absolute atomic E-state index is 0.250. The third-order valence-corrected chi connectivity index (χ3v) is 2.96.